The van der Waals surface area contributed by atoms with E-state index in [1.54, 1.807) is 17.5 Å². The molecule has 1 aliphatic heterocycles. The van der Waals surface area contributed by atoms with Gasteiger partial charge in [0.05, 0.1) is 21.3 Å². The Hall–Kier alpha value is -2.06. The van der Waals surface area contributed by atoms with Crippen LogP contribution in [0.15, 0.2) is 12.3 Å². The topological polar surface area (TPSA) is 91.2 Å². The normalized spacial score (nSPS) is 17.8. The van der Waals surface area contributed by atoms with Crippen molar-refractivity contribution in [2.45, 2.75) is 45.8 Å². The molecule has 0 bridgehead atoms. The Bertz CT molecular complexity index is 784. The average Bonchev–Trinajstić information content (AvgIpc) is 3.13. The molecule has 134 valence electrons. The molecule has 1 atom stereocenters. The molecule has 2 aromatic heterocycles. The lowest BCUT2D eigenvalue weighted by molar-refractivity contribution is -0.137. The van der Waals surface area contributed by atoms with Gasteiger partial charge in [0.1, 0.15) is 5.60 Å². The van der Waals surface area contributed by atoms with Gasteiger partial charge in [0.15, 0.2) is 0 Å². The first-order chi connectivity index (χ1) is 11.7. The number of carbonyl (C=O) groups excluding carboxylic acids is 1. The molecule has 1 aliphatic rings. The Labute approximate surface area is 151 Å². The summed E-state index contributed by atoms with van der Waals surface area (Å²) in [7, 11) is 0. The van der Waals surface area contributed by atoms with Gasteiger partial charge in [-0.3, -0.25) is 4.79 Å². The molecule has 1 saturated heterocycles. The zero-order valence-electron chi connectivity index (χ0n) is 14.9. The molecular formula is C17H23N5O2S. The third-order valence-electron chi connectivity index (χ3n) is 4.14. The lowest BCUT2D eigenvalue weighted by Crippen LogP contribution is -2.47. The Morgan fingerprint density at radius 1 is 1.40 bits per heavy atom. The fraction of sp³-hybridized carbons (Fsp3) is 0.529. The Kier molecular flexibility index (Phi) is 4.75. The van der Waals surface area contributed by atoms with E-state index in [2.05, 4.69) is 25.2 Å². The number of anilines is 1. The molecule has 3 heterocycles. The summed E-state index contributed by atoms with van der Waals surface area (Å²) in [5.41, 5.74) is 0.478. The maximum atomic E-state index is 11.9. The number of hydrogen-bond acceptors (Lipinski definition) is 7. The van der Waals surface area contributed by atoms with Crippen LogP contribution in [0.4, 0.5) is 5.95 Å². The van der Waals surface area contributed by atoms with Crippen molar-refractivity contribution in [1.29, 1.82) is 0 Å². The first-order valence-corrected chi connectivity index (χ1v) is 9.11. The molecule has 0 radical (unpaired) electrons. The minimum atomic E-state index is -1.37. The molecule has 0 aliphatic carbocycles. The van der Waals surface area contributed by atoms with Gasteiger partial charge in [-0.2, -0.15) is 0 Å². The van der Waals surface area contributed by atoms with Crippen molar-refractivity contribution < 1.29 is 9.90 Å². The predicted molar refractivity (Wildman–Crippen MR) is 97.7 cm³/mol. The summed E-state index contributed by atoms with van der Waals surface area (Å²) in [4.78, 5) is 28.6. The molecule has 3 rings (SSSR count). The first kappa shape index (κ1) is 17.8. The summed E-state index contributed by atoms with van der Waals surface area (Å²) in [5.74, 6) is 0.299. The number of aromatic nitrogens is 3. The molecule has 25 heavy (non-hydrogen) atoms. The number of thiazole rings is 1. The van der Waals surface area contributed by atoms with Gasteiger partial charge in [-0.25, -0.2) is 15.0 Å². The Morgan fingerprint density at radius 3 is 2.80 bits per heavy atom. The van der Waals surface area contributed by atoms with Crippen molar-refractivity contribution in [3.63, 3.8) is 0 Å². The van der Waals surface area contributed by atoms with Crippen molar-refractivity contribution in [1.82, 2.24) is 20.3 Å². The second-order valence-electron chi connectivity index (χ2n) is 6.85. The van der Waals surface area contributed by atoms with Crippen LogP contribution in [0.3, 0.4) is 0 Å². The molecule has 1 fully saturated rings. The Balaban J connectivity index is 1.72. The van der Waals surface area contributed by atoms with Gasteiger partial charge >= 0.3 is 0 Å². The van der Waals surface area contributed by atoms with Crippen molar-refractivity contribution in [3.8, 4) is 10.6 Å². The van der Waals surface area contributed by atoms with Crippen LogP contribution in [0.2, 0.25) is 0 Å². The van der Waals surface area contributed by atoms with E-state index >= 15 is 0 Å². The highest BCUT2D eigenvalue weighted by Crippen LogP contribution is 2.29. The maximum absolute atomic E-state index is 11.9. The van der Waals surface area contributed by atoms with Crippen LogP contribution >= 0.6 is 11.3 Å². The average molecular weight is 361 g/mol. The van der Waals surface area contributed by atoms with Gasteiger partial charge in [-0.15, -0.1) is 11.3 Å². The van der Waals surface area contributed by atoms with E-state index < -0.39 is 5.60 Å². The summed E-state index contributed by atoms with van der Waals surface area (Å²) in [5, 5.41) is 13.7. The highest BCUT2D eigenvalue weighted by atomic mass is 32.1. The highest BCUT2D eigenvalue weighted by molar-refractivity contribution is 7.15. The van der Waals surface area contributed by atoms with Gasteiger partial charge in [0.2, 0.25) is 5.95 Å². The van der Waals surface area contributed by atoms with Crippen LogP contribution in [0.1, 0.15) is 31.0 Å². The fourth-order valence-electron chi connectivity index (χ4n) is 2.82. The zero-order valence-corrected chi connectivity index (χ0v) is 15.7. The van der Waals surface area contributed by atoms with Crippen molar-refractivity contribution >= 4 is 23.2 Å². The van der Waals surface area contributed by atoms with Crippen LogP contribution in [-0.4, -0.2) is 50.7 Å². The molecule has 0 spiro atoms. The summed E-state index contributed by atoms with van der Waals surface area (Å²) < 4.78 is 0. The number of rotatable bonds is 4. The number of aryl methyl sites for hydroxylation is 2. The number of nitrogens with one attached hydrogen (secondary N) is 1. The van der Waals surface area contributed by atoms with Gasteiger partial charge in [-0.05, 0) is 40.2 Å². The summed E-state index contributed by atoms with van der Waals surface area (Å²) >= 11 is 1.63. The van der Waals surface area contributed by atoms with Crippen LogP contribution in [0, 0.1) is 13.8 Å². The molecule has 0 aromatic carbocycles. The first-order valence-electron chi connectivity index (χ1n) is 8.30. The molecule has 8 heteroatoms. The molecule has 1 amide bonds. The van der Waals surface area contributed by atoms with Gasteiger partial charge < -0.3 is 15.3 Å². The van der Waals surface area contributed by atoms with Crippen LogP contribution < -0.4 is 10.2 Å². The van der Waals surface area contributed by atoms with Crippen LogP contribution in [0.25, 0.3) is 10.6 Å². The molecule has 2 N–H and O–H groups in total. The second kappa shape index (κ2) is 6.68. The van der Waals surface area contributed by atoms with E-state index in [1.165, 1.54) is 13.8 Å². The van der Waals surface area contributed by atoms with Gasteiger partial charge in [0, 0.05) is 25.3 Å². The zero-order chi connectivity index (χ0) is 18.2. The van der Waals surface area contributed by atoms with Gasteiger partial charge in [-0.1, -0.05) is 0 Å². The predicted octanol–water partition coefficient (Wildman–Crippen LogP) is 1.68. The van der Waals surface area contributed by atoms with Crippen LogP contribution in [-0.2, 0) is 4.79 Å². The standard InChI is InChI=1S/C17H23N5O2S/c1-10-14(25-11(2)19-10)13-5-7-18-16(21-13)22-8-6-12(9-22)20-15(23)17(3,4)24/h5,7,12,24H,6,8-9H2,1-4H3,(H,20,23). The second-order valence-corrected chi connectivity index (χ2v) is 8.06. The third-order valence-corrected chi connectivity index (χ3v) is 5.24. The molecule has 2 aromatic rings. The van der Waals surface area contributed by atoms with E-state index in [0.717, 1.165) is 34.2 Å². The quantitative estimate of drug-likeness (QED) is 0.861. The minimum Gasteiger partial charge on any atom is -0.381 e. The SMILES string of the molecule is Cc1nc(C)c(-c2ccnc(N3CCC(NC(=O)C(C)(C)O)C3)n2)s1. The van der Waals surface area contributed by atoms with Crippen LogP contribution in [0.5, 0.6) is 0 Å². The highest BCUT2D eigenvalue weighted by Gasteiger charge is 2.30. The molecule has 7 nitrogen and oxygen atoms in total. The van der Waals surface area contributed by atoms with Crippen molar-refractivity contribution in [2.24, 2.45) is 0 Å². The van der Waals surface area contributed by atoms with E-state index in [0.29, 0.717) is 12.5 Å². The molecule has 0 saturated carbocycles. The van der Waals surface area contributed by atoms with Crippen molar-refractivity contribution in [2.75, 3.05) is 18.0 Å². The Morgan fingerprint density at radius 2 is 2.16 bits per heavy atom. The molecular weight excluding hydrogens is 338 g/mol. The lowest BCUT2D eigenvalue weighted by Gasteiger charge is -2.21. The smallest absolute Gasteiger partial charge is 0.251 e. The lowest BCUT2D eigenvalue weighted by atomic mass is 10.1. The number of carbonyl (C=O) groups is 1. The largest absolute Gasteiger partial charge is 0.381 e. The minimum absolute atomic E-state index is 0.0152. The van der Waals surface area contributed by atoms with E-state index in [9.17, 15) is 9.90 Å². The van der Waals surface area contributed by atoms with E-state index in [-0.39, 0.29) is 11.9 Å². The summed E-state index contributed by atoms with van der Waals surface area (Å²) in [6.07, 6.45) is 2.56. The monoisotopic (exact) mass is 361 g/mol. The fourth-order valence-corrected chi connectivity index (χ4v) is 3.71. The van der Waals surface area contributed by atoms with Crippen molar-refractivity contribution in [3.05, 3.63) is 23.0 Å². The van der Waals surface area contributed by atoms with Gasteiger partial charge in [0.25, 0.3) is 5.91 Å². The summed E-state index contributed by atoms with van der Waals surface area (Å²) in [6.45, 7) is 8.34. The van der Waals surface area contributed by atoms with E-state index in [4.69, 9.17) is 0 Å². The number of nitrogens with zero attached hydrogens (tertiary/aromatic N) is 4. The number of hydrogen-bond donors (Lipinski definition) is 2. The molecule has 1 unspecified atom stereocenters. The maximum Gasteiger partial charge on any atom is 0.251 e. The van der Waals surface area contributed by atoms with E-state index in [1.807, 2.05) is 19.9 Å². The summed E-state index contributed by atoms with van der Waals surface area (Å²) in [6, 6.07) is 1.88. The number of aliphatic hydroxyl groups is 1. The third kappa shape index (κ3) is 3.96. The number of amides is 1.